The molecule has 0 radical (unpaired) electrons. The number of rotatable bonds is 11. The van der Waals surface area contributed by atoms with Gasteiger partial charge < -0.3 is 39.6 Å². The van der Waals surface area contributed by atoms with Gasteiger partial charge in [0, 0.05) is 39.3 Å². The van der Waals surface area contributed by atoms with Crippen molar-refractivity contribution in [2.24, 2.45) is 0 Å². The molecule has 0 N–H and O–H groups in total. The molecule has 0 aliphatic rings. The minimum Gasteiger partial charge on any atom is -0.549 e. The molecule has 23 heavy (non-hydrogen) atoms. The Morgan fingerprint density at radius 1 is 0.565 bits per heavy atom. The smallest absolute Gasteiger partial charge is 0.549 e. The van der Waals surface area contributed by atoms with E-state index in [2.05, 4.69) is 0 Å². The first kappa shape index (κ1) is 31.3. The van der Waals surface area contributed by atoms with Gasteiger partial charge in [-0.2, -0.15) is 0 Å². The molecular formula is C10H12MgN2Na2O8. The third-order valence-corrected chi connectivity index (χ3v) is 2.14. The van der Waals surface area contributed by atoms with Crippen LogP contribution in [-0.4, -0.2) is 96.0 Å². The average Bonchev–Trinajstić information content (AvgIpc) is 2.22. The van der Waals surface area contributed by atoms with E-state index in [9.17, 15) is 39.6 Å². The van der Waals surface area contributed by atoms with Crippen molar-refractivity contribution < 1.29 is 98.7 Å². The fourth-order valence-electron chi connectivity index (χ4n) is 1.44. The van der Waals surface area contributed by atoms with Crippen LogP contribution in [0, 0.1) is 0 Å². The van der Waals surface area contributed by atoms with Crippen molar-refractivity contribution in [2.75, 3.05) is 39.3 Å². The Hall–Kier alpha value is 0.566. The molecule has 0 saturated carbocycles. The van der Waals surface area contributed by atoms with Crippen LogP contribution in [-0.2, 0) is 19.2 Å². The molecule has 0 bridgehead atoms. The largest absolute Gasteiger partial charge is 2.00 e. The summed E-state index contributed by atoms with van der Waals surface area (Å²) < 4.78 is 0. The molecule has 0 aromatic carbocycles. The van der Waals surface area contributed by atoms with E-state index in [4.69, 9.17) is 0 Å². The first-order chi connectivity index (χ1) is 9.20. The van der Waals surface area contributed by atoms with Gasteiger partial charge >= 0.3 is 82.2 Å². The maximum Gasteiger partial charge on any atom is 2.00 e. The van der Waals surface area contributed by atoms with Crippen LogP contribution < -0.4 is 79.5 Å². The van der Waals surface area contributed by atoms with Crippen LogP contribution in [0.4, 0.5) is 0 Å². The van der Waals surface area contributed by atoms with E-state index >= 15 is 0 Å². The van der Waals surface area contributed by atoms with E-state index < -0.39 is 50.1 Å². The van der Waals surface area contributed by atoms with Gasteiger partial charge in [0.1, 0.15) is 0 Å². The number of nitrogens with zero attached hydrogens (tertiary/aromatic N) is 2. The summed E-state index contributed by atoms with van der Waals surface area (Å²) in [5.74, 6) is -6.12. The van der Waals surface area contributed by atoms with Crippen molar-refractivity contribution in [3.05, 3.63) is 0 Å². The zero-order valence-corrected chi connectivity index (χ0v) is 18.5. The predicted octanol–water partition coefficient (Wildman–Crippen LogP) is -13.8. The van der Waals surface area contributed by atoms with E-state index in [0.717, 1.165) is 9.80 Å². The zero-order chi connectivity index (χ0) is 15.7. The molecule has 0 amide bonds. The number of hydrogen-bond acceptors (Lipinski definition) is 10. The number of aliphatic carboxylic acids is 4. The number of carboxylic acids is 4. The normalized spacial score (nSPS) is 9.30. The van der Waals surface area contributed by atoms with Crippen LogP contribution in [0.5, 0.6) is 0 Å². The Labute approximate surface area is 192 Å². The molecule has 0 saturated heterocycles. The molecule has 0 fully saturated rings. The minimum atomic E-state index is -1.53. The topological polar surface area (TPSA) is 167 Å². The zero-order valence-electron chi connectivity index (χ0n) is 13.1. The molecule has 10 nitrogen and oxygen atoms in total. The van der Waals surface area contributed by atoms with E-state index in [0.29, 0.717) is 0 Å². The quantitative estimate of drug-likeness (QED) is 0.323. The van der Waals surface area contributed by atoms with Crippen LogP contribution >= 0.6 is 0 Å². The summed E-state index contributed by atoms with van der Waals surface area (Å²) in [7, 11) is 0. The van der Waals surface area contributed by atoms with Crippen molar-refractivity contribution >= 4 is 46.9 Å². The molecular weight excluding hydrogens is 346 g/mol. The summed E-state index contributed by atoms with van der Waals surface area (Å²) in [5, 5.41) is 41.6. The van der Waals surface area contributed by atoms with Crippen molar-refractivity contribution in [3.8, 4) is 0 Å². The summed E-state index contributed by atoms with van der Waals surface area (Å²) in [6, 6.07) is 0. The van der Waals surface area contributed by atoms with Crippen LogP contribution in [0.3, 0.4) is 0 Å². The Bertz CT molecular complexity index is 331. The van der Waals surface area contributed by atoms with Gasteiger partial charge in [0.15, 0.2) is 0 Å². The molecule has 0 aliphatic carbocycles. The van der Waals surface area contributed by atoms with E-state index in [1.54, 1.807) is 0 Å². The average molecular weight is 358 g/mol. The van der Waals surface area contributed by atoms with Crippen LogP contribution in [0.1, 0.15) is 0 Å². The molecule has 0 aliphatic heterocycles. The van der Waals surface area contributed by atoms with Crippen LogP contribution in [0.2, 0.25) is 0 Å². The molecule has 13 heteroatoms. The summed E-state index contributed by atoms with van der Waals surface area (Å²) in [5.41, 5.74) is 0. The first-order valence-corrected chi connectivity index (χ1v) is 5.44. The molecule has 0 aromatic rings. The predicted molar refractivity (Wildman–Crippen MR) is 58.7 cm³/mol. The second-order valence-electron chi connectivity index (χ2n) is 3.91. The number of hydrogen-bond donors (Lipinski definition) is 0. The molecule has 0 rings (SSSR count). The Morgan fingerprint density at radius 3 is 0.870 bits per heavy atom. The fraction of sp³-hybridized carbons (Fsp3) is 0.600. The number of carbonyl (C=O) groups excluding carboxylic acids is 4. The van der Waals surface area contributed by atoms with Crippen molar-refractivity contribution in [1.82, 2.24) is 9.80 Å². The molecule has 0 spiro atoms. The maximum absolute atomic E-state index is 10.4. The van der Waals surface area contributed by atoms with Gasteiger partial charge in [0.25, 0.3) is 0 Å². The van der Waals surface area contributed by atoms with Crippen molar-refractivity contribution in [2.45, 2.75) is 0 Å². The monoisotopic (exact) mass is 358 g/mol. The van der Waals surface area contributed by atoms with Gasteiger partial charge in [0.2, 0.25) is 0 Å². The Kier molecular flexibility index (Phi) is 23.7. The van der Waals surface area contributed by atoms with Gasteiger partial charge in [0.05, 0.1) is 23.9 Å². The summed E-state index contributed by atoms with van der Waals surface area (Å²) in [4.78, 5) is 43.4. The summed E-state index contributed by atoms with van der Waals surface area (Å²) >= 11 is 0. The van der Waals surface area contributed by atoms with E-state index in [1.165, 1.54) is 0 Å². The molecule has 0 aromatic heterocycles. The van der Waals surface area contributed by atoms with E-state index in [1.807, 2.05) is 0 Å². The van der Waals surface area contributed by atoms with Gasteiger partial charge in [-0.05, 0) is 0 Å². The van der Waals surface area contributed by atoms with Crippen LogP contribution in [0.25, 0.3) is 0 Å². The summed E-state index contributed by atoms with van der Waals surface area (Å²) in [6.07, 6.45) is 0. The van der Waals surface area contributed by atoms with Gasteiger partial charge in [-0.1, -0.05) is 0 Å². The second-order valence-corrected chi connectivity index (χ2v) is 3.91. The van der Waals surface area contributed by atoms with Gasteiger partial charge in [-0.15, -0.1) is 0 Å². The Balaban J connectivity index is -0.000000602. The molecule has 0 heterocycles. The molecule has 0 atom stereocenters. The maximum atomic E-state index is 10.4. The summed E-state index contributed by atoms with van der Waals surface area (Å²) in [6.45, 7) is -3.25. The third-order valence-electron chi connectivity index (χ3n) is 2.14. The minimum absolute atomic E-state index is 0. The van der Waals surface area contributed by atoms with E-state index in [-0.39, 0.29) is 95.3 Å². The third kappa shape index (κ3) is 20.5. The number of carboxylic acid groups (broad SMARTS) is 4. The first-order valence-electron chi connectivity index (χ1n) is 5.44. The Morgan fingerprint density at radius 2 is 0.739 bits per heavy atom. The standard InChI is InChI=1S/C10H16N2O8.Mg.2Na/c13-7(14)3-11(4-8(15)16)1-2-12(5-9(17)18)6-10(19)20;;;/h1-6H2,(H,13,14)(H,15,16)(H,17,18)(H,19,20);;;/q;+2;2*+1/p-4. The van der Waals surface area contributed by atoms with Crippen LogP contribution in [0.15, 0.2) is 0 Å². The van der Waals surface area contributed by atoms with Crippen molar-refractivity contribution in [3.63, 3.8) is 0 Å². The second kappa shape index (κ2) is 17.4. The van der Waals surface area contributed by atoms with Gasteiger partial charge in [-0.3, -0.25) is 9.80 Å². The van der Waals surface area contributed by atoms with Crippen molar-refractivity contribution in [1.29, 1.82) is 0 Å². The van der Waals surface area contributed by atoms with Gasteiger partial charge in [-0.25, -0.2) is 0 Å². The number of carbonyl (C=O) groups is 4. The fourth-order valence-corrected chi connectivity index (χ4v) is 1.44. The molecule has 114 valence electrons. The molecule has 0 unspecified atom stereocenters. The SMILES string of the molecule is O=C([O-])CN(CCN(CC(=O)[O-])CC(=O)[O-])CC(=O)[O-].[Mg+2].[Na+].[Na+].